The molecule has 0 unspecified atom stereocenters. The Morgan fingerprint density at radius 2 is 1.74 bits per heavy atom. The molecule has 1 aliphatic rings. The van der Waals surface area contributed by atoms with Crippen LogP contribution in [0.25, 0.3) is 0 Å². The minimum absolute atomic E-state index is 0.0259. The van der Waals surface area contributed by atoms with Crippen molar-refractivity contribution in [1.82, 2.24) is 15.1 Å². The highest BCUT2D eigenvalue weighted by molar-refractivity contribution is 5.94. The Bertz CT molecular complexity index is 698. The second-order valence-corrected chi connectivity index (χ2v) is 6.42. The van der Waals surface area contributed by atoms with Crippen LogP contribution >= 0.6 is 0 Å². The lowest BCUT2D eigenvalue weighted by atomic mass is 10.1. The van der Waals surface area contributed by atoms with Gasteiger partial charge in [0.25, 0.3) is 0 Å². The third-order valence-electron chi connectivity index (χ3n) is 4.77. The number of anilines is 1. The van der Waals surface area contributed by atoms with Crippen LogP contribution in [0.15, 0.2) is 18.2 Å². The van der Waals surface area contributed by atoms with E-state index < -0.39 is 5.82 Å². The Kier molecular flexibility index (Phi) is 7.15. The fourth-order valence-corrected chi connectivity index (χ4v) is 3.08. The average molecular weight is 378 g/mol. The van der Waals surface area contributed by atoms with Gasteiger partial charge in [0.2, 0.25) is 5.91 Å². The molecule has 27 heavy (non-hydrogen) atoms. The number of rotatable bonds is 6. The number of piperazine rings is 1. The number of urea groups is 1. The summed E-state index contributed by atoms with van der Waals surface area (Å²) in [5, 5.41) is 2.65. The number of amides is 3. The number of ketones is 1. The number of hydrogen-bond donors (Lipinski definition) is 1. The van der Waals surface area contributed by atoms with Crippen LogP contribution in [-0.4, -0.2) is 73.3 Å². The molecule has 0 spiro atoms. The molecule has 1 saturated heterocycles. The molecule has 1 fully saturated rings. The van der Waals surface area contributed by atoms with Crippen LogP contribution in [0.1, 0.15) is 31.1 Å². The van der Waals surface area contributed by atoms with Crippen LogP contribution in [-0.2, 0) is 4.79 Å². The number of benzene rings is 1. The Labute approximate surface area is 159 Å². The van der Waals surface area contributed by atoms with Crippen molar-refractivity contribution in [3.05, 3.63) is 29.6 Å². The Balaban J connectivity index is 1.87. The molecule has 1 aromatic carbocycles. The smallest absolute Gasteiger partial charge is 0.317 e. The van der Waals surface area contributed by atoms with E-state index in [1.807, 2.05) is 18.7 Å². The SMILES string of the molecule is CCN(CC)C(=O)CNC(=O)N1CCN(c2ccc(C(C)=O)cc2F)CC1. The minimum atomic E-state index is -0.439. The molecule has 1 N–H and O–H groups in total. The van der Waals surface area contributed by atoms with E-state index in [4.69, 9.17) is 0 Å². The van der Waals surface area contributed by atoms with Crippen LogP contribution in [0.2, 0.25) is 0 Å². The van der Waals surface area contributed by atoms with Crippen LogP contribution in [0, 0.1) is 5.82 Å². The zero-order chi connectivity index (χ0) is 20.0. The summed E-state index contributed by atoms with van der Waals surface area (Å²) in [5.74, 6) is -0.730. The van der Waals surface area contributed by atoms with Gasteiger partial charge in [0.05, 0.1) is 12.2 Å². The summed E-state index contributed by atoms with van der Waals surface area (Å²) in [5.41, 5.74) is 0.768. The van der Waals surface area contributed by atoms with Gasteiger partial charge in [0.15, 0.2) is 5.78 Å². The van der Waals surface area contributed by atoms with Crippen molar-refractivity contribution in [1.29, 1.82) is 0 Å². The second kappa shape index (κ2) is 9.34. The molecule has 0 atom stereocenters. The van der Waals surface area contributed by atoms with E-state index in [9.17, 15) is 18.8 Å². The summed E-state index contributed by atoms with van der Waals surface area (Å²) >= 11 is 0. The number of likely N-dealkylation sites (N-methyl/N-ethyl adjacent to an activating group) is 1. The quantitative estimate of drug-likeness (QED) is 0.765. The first-order valence-corrected chi connectivity index (χ1v) is 9.23. The molecule has 2 rings (SSSR count). The van der Waals surface area contributed by atoms with Crippen molar-refractivity contribution in [2.75, 3.05) is 50.7 Å². The summed E-state index contributed by atoms with van der Waals surface area (Å²) in [7, 11) is 0. The highest BCUT2D eigenvalue weighted by Crippen LogP contribution is 2.22. The molecule has 0 bridgehead atoms. The van der Waals surface area contributed by atoms with E-state index in [-0.39, 0.29) is 24.3 Å². The summed E-state index contributed by atoms with van der Waals surface area (Å²) in [6.07, 6.45) is 0. The minimum Gasteiger partial charge on any atom is -0.366 e. The lowest BCUT2D eigenvalue weighted by Gasteiger charge is -2.36. The van der Waals surface area contributed by atoms with E-state index >= 15 is 0 Å². The number of nitrogens with one attached hydrogen (secondary N) is 1. The summed E-state index contributed by atoms with van der Waals surface area (Å²) < 4.78 is 14.3. The van der Waals surface area contributed by atoms with Gasteiger partial charge in [0, 0.05) is 44.8 Å². The van der Waals surface area contributed by atoms with Gasteiger partial charge >= 0.3 is 6.03 Å². The third kappa shape index (κ3) is 5.18. The topological polar surface area (TPSA) is 73.0 Å². The van der Waals surface area contributed by atoms with Crippen LogP contribution in [0.3, 0.4) is 0 Å². The monoisotopic (exact) mass is 378 g/mol. The maximum absolute atomic E-state index is 14.3. The number of carbonyl (C=O) groups excluding carboxylic acids is 3. The zero-order valence-corrected chi connectivity index (χ0v) is 16.1. The fourth-order valence-electron chi connectivity index (χ4n) is 3.08. The van der Waals surface area contributed by atoms with Crippen molar-refractivity contribution in [3.8, 4) is 0 Å². The lowest BCUT2D eigenvalue weighted by molar-refractivity contribution is -0.129. The van der Waals surface area contributed by atoms with Gasteiger partial charge in [0.1, 0.15) is 5.82 Å². The van der Waals surface area contributed by atoms with Gasteiger partial charge in [-0.1, -0.05) is 0 Å². The summed E-state index contributed by atoms with van der Waals surface area (Å²) in [4.78, 5) is 40.7. The molecular weight excluding hydrogens is 351 g/mol. The third-order valence-corrected chi connectivity index (χ3v) is 4.77. The molecule has 1 heterocycles. The van der Waals surface area contributed by atoms with Crippen LogP contribution < -0.4 is 10.2 Å². The molecule has 1 aliphatic heterocycles. The Morgan fingerprint density at radius 3 is 2.26 bits per heavy atom. The van der Waals surface area contributed by atoms with E-state index in [0.717, 1.165) is 0 Å². The highest BCUT2D eigenvalue weighted by atomic mass is 19.1. The molecule has 7 nitrogen and oxygen atoms in total. The molecule has 148 valence electrons. The van der Waals surface area contributed by atoms with Gasteiger partial charge in [-0.2, -0.15) is 0 Å². The van der Waals surface area contributed by atoms with E-state index in [0.29, 0.717) is 50.5 Å². The van der Waals surface area contributed by atoms with Gasteiger partial charge in [-0.3, -0.25) is 9.59 Å². The van der Waals surface area contributed by atoms with Crippen molar-refractivity contribution >= 4 is 23.4 Å². The van der Waals surface area contributed by atoms with Crippen molar-refractivity contribution in [3.63, 3.8) is 0 Å². The Morgan fingerprint density at radius 1 is 1.11 bits per heavy atom. The van der Waals surface area contributed by atoms with Crippen molar-refractivity contribution in [2.24, 2.45) is 0 Å². The largest absolute Gasteiger partial charge is 0.366 e. The Hall–Kier alpha value is -2.64. The van der Waals surface area contributed by atoms with Crippen molar-refractivity contribution in [2.45, 2.75) is 20.8 Å². The van der Waals surface area contributed by atoms with Gasteiger partial charge in [-0.25, -0.2) is 9.18 Å². The number of halogens is 1. The molecule has 3 amide bonds. The number of nitrogens with zero attached hydrogens (tertiary/aromatic N) is 3. The molecule has 1 aromatic rings. The highest BCUT2D eigenvalue weighted by Gasteiger charge is 2.23. The molecule has 0 saturated carbocycles. The van der Waals surface area contributed by atoms with Gasteiger partial charge < -0.3 is 20.0 Å². The predicted octanol–water partition coefficient (Wildman–Crippen LogP) is 1.73. The fraction of sp³-hybridized carbons (Fsp3) is 0.526. The zero-order valence-electron chi connectivity index (χ0n) is 16.1. The maximum atomic E-state index is 14.3. The number of carbonyl (C=O) groups is 3. The lowest BCUT2D eigenvalue weighted by Crippen LogP contribution is -2.53. The van der Waals surface area contributed by atoms with E-state index in [1.165, 1.54) is 13.0 Å². The molecule has 8 heteroatoms. The van der Waals surface area contributed by atoms with Crippen LogP contribution in [0.4, 0.5) is 14.9 Å². The summed E-state index contributed by atoms with van der Waals surface area (Å²) in [6, 6.07) is 4.17. The average Bonchev–Trinajstić information content (AvgIpc) is 2.67. The predicted molar refractivity (Wildman–Crippen MR) is 102 cm³/mol. The first-order valence-electron chi connectivity index (χ1n) is 9.23. The van der Waals surface area contributed by atoms with Gasteiger partial charge in [-0.15, -0.1) is 0 Å². The number of Topliss-reactive ketones (excluding diaryl/α,β-unsaturated/α-hetero) is 1. The first kappa shape index (κ1) is 20.7. The normalized spacial score (nSPS) is 14.1. The maximum Gasteiger partial charge on any atom is 0.317 e. The molecule has 0 aromatic heterocycles. The molecule has 0 aliphatic carbocycles. The standard InChI is InChI=1S/C19H27FN4O3/c1-4-22(5-2)18(26)13-21-19(27)24-10-8-23(9-11-24)17-7-6-15(14(3)25)12-16(17)20/h6-7,12H,4-5,8-11,13H2,1-3H3,(H,21,27). The van der Waals surface area contributed by atoms with Crippen LogP contribution in [0.5, 0.6) is 0 Å². The summed E-state index contributed by atoms with van der Waals surface area (Å²) in [6.45, 7) is 8.20. The van der Waals surface area contributed by atoms with E-state index in [1.54, 1.807) is 21.9 Å². The van der Waals surface area contributed by atoms with Gasteiger partial charge in [-0.05, 0) is 39.0 Å². The number of hydrogen-bond acceptors (Lipinski definition) is 4. The second-order valence-electron chi connectivity index (χ2n) is 6.42. The van der Waals surface area contributed by atoms with Crippen molar-refractivity contribution < 1.29 is 18.8 Å². The first-order chi connectivity index (χ1) is 12.9. The van der Waals surface area contributed by atoms with E-state index in [2.05, 4.69) is 5.32 Å². The molecular formula is C19H27FN4O3. The molecule has 0 radical (unpaired) electrons.